The van der Waals surface area contributed by atoms with Gasteiger partial charge in [-0.1, -0.05) is 6.07 Å². The van der Waals surface area contributed by atoms with Crippen LogP contribution in [0, 0.1) is 5.92 Å². The highest BCUT2D eigenvalue weighted by molar-refractivity contribution is 14.2. The van der Waals surface area contributed by atoms with E-state index in [1.54, 1.807) is 0 Å². The lowest BCUT2D eigenvalue weighted by Gasteiger charge is -2.26. The molecule has 0 bridgehead atoms. The van der Waals surface area contributed by atoms with Crippen molar-refractivity contribution in [2.75, 3.05) is 6.61 Å². The summed E-state index contributed by atoms with van der Waals surface area (Å²) in [6.45, 7) is 2.78. The number of ether oxygens (including phenoxy) is 1. The van der Waals surface area contributed by atoms with Crippen LogP contribution in [-0.4, -0.2) is 12.6 Å². The maximum atomic E-state index is 12.0. The molecule has 2 aliphatic rings. The molecule has 1 aromatic carbocycles. The molecule has 20 heavy (non-hydrogen) atoms. The van der Waals surface area contributed by atoms with Crippen molar-refractivity contribution in [2.45, 2.75) is 38.0 Å². The number of aryl methyl sites for hydroxylation is 1. The molecule has 3 nitrogen and oxygen atoms in total. The van der Waals surface area contributed by atoms with Crippen LogP contribution in [0.15, 0.2) is 18.2 Å². The SMILES string of the molecule is CCOC(=O)C1CC12CCCc1cc(OPI)ccc12. The van der Waals surface area contributed by atoms with Crippen LogP contribution in [0.3, 0.4) is 0 Å². The zero-order valence-corrected chi connectivity index (χ0v) is 14.6. The van der Waals surface area contributed by atoms with Gasteiger partial charge in [0.15, 0.2) is 0 Å². The first kappa shape index (κ1) is 14.6. The van der Waals surface area contributed by atoms with Gasteiger partial charge in [-0.15, -0.1) is 0 Å². The second-order valence-corrected chi connectivity index (χ2v) is 7.20. The predicted molar refractivity (Wildman–Crippen MR) is 88.8 cm³/mol. The number of esters is 1. The average molecular weight is 404 g/mol. The van der Waals surface area contributed by atoms with E-state index in [1.165, 1.54) is 11.1 Å². The van der Waals surface area contributed by atoms with Crippen molar-refractivity contribution in [3.8, 4) is 5.75 Å². The molecule has 1 aromatic rings. The Hall–Kier alpha value is -0.350. The fourth-order valence-corrected chi connectivity index (χ4v) is 4.51. The number of hydrogen-bond donors (Lipinski definition) is 0. The number of halogens is 1. The molecule has 0 amide bonds. The number of hydrogen-bond acceptors (Lipinski definition) is 3. The van der Waals surface area contributed by atoms with Gasteiger partial charge < -0.3 is 9.26 Å². The maximum absolute atomic E-state index is 12.0. The molecule has 0 radical (unpaired) electrons. The molecule has 0 N–H and O–H groups in total. The van der Waals surface area contributed by atoms with Crippen LogP contribution in [-0.2, 0) is 21.4 Å². The Morgan fingerprint density at radius 3 is 3.15 bits per heavy atom. The lowest BCUT2D eigenvalue weighted by Crippen LogP contribution is -2.22. The standard InChI is InChI=1S/C15H18IO3P/c1-2-18-14(17)13-9-15(13)7-3-4-10-8-11(19-20-16)5-6-12(10)15/h5-6,8,13,20H,2-4,7,9H2,1H3. The first-order valence-electron chi connectivity index (χ1n) is 7.04. The number of fused-ring (bicyclic) bond motifs is 2. The highest BCUT2D eigenvalue weighted by atomic mass is 127. The molecule has 3 rings (SSSR count). The van der Waals surface area contributed by atoms with E-state index in [0.717, 1.165) is 31.4 Å². The van der Waals surface area contributed by atoms with E-state index in [-0.39, 0.29) is 17.3 Å². The van der Waals surface area contributed by atoms with Crippen LogP contribution >= 0.6 is 28.5 Å². The molecule has 0 aliphatic heterocycles. The average Bonchev–Trinajstić information content (AvgIpc) is 3.15. The molecule has 0 heterocycles. The largest absolute Gasteiger partial charge is 0.467 e. The van der Waals surface area contributed by atoms with E-state index >= 15 is 0 Å². The minimum absolute atomic E-state index is 0.0191. The molecule has 1 spiro atoms. The van der Waals surface area contributed by atoms with E-state index in [1.807, 2.05) is 13.0 Å². The Balaban J connectivity index is 1.86. The molecule has 0 aromatic heterocycles. The minimum atomic E-state index is -0.0191. The maximum Gasteiger partial charge on any atom is 0.309 e. The summed E-state index contributed by atoms with van der Waals surface area (Å²) >= 11 is 2.23. The van der Waals surface area contributed by atoms with Crippen molar-refractivity contribution in [2.24, 2.45) is 5.92 Å². The molecule has 3 unspecified atom stereocenters. The highest BCUT2D eigenvalue weighted by Gasteiger charge is 2.61. The Kier molecular flexibility index (Phi) is 4.23. The summed E-state index contributed by atoms with van der Waals surface area (Å²) < 4.78 is 10.8. The second kappa shape index (κ2) is 5.80. The van der Waals surface area contributed by atoms with Gasteiger partial charge in [-0.3, -0.25) is 4.79 Å². The van der Waals surface area contributed by atoms with E-state index in [9.17, 15) is 4.79 Å². The van der Waals surface area contributed by atoms with Crippen molar-refractivity contribution < 1.29 is 14.1 Å². The number of benzene rings is 1. The fourth-order valence-electron chi connectivity index (χ4n) is 3.53. The molecular formula is C15H18IO3P. The van der Waals surface area contributed by atoms with Crippen LogP contribution in [0.2, 0.25) is 0 Å². The van der Waals surface area contributed by atoms with Gasteiger partial charge in [0.25, 0.3) is 0 Å². The third kappa shape index (κ3) is 2.45. The molecule has 1 fully saturated rings. The fraction of sp³-hybridized carbons (Fsp3) is 0.533. The van der Waals surface area contributed by atoms with Crippen molar-refractivity contribution in [3.63, 3.8) is 0 Å². The lowest BCUT2D eigenvalue weighted by molar-refractivity contribution is -0.145. The van der Waals surface area contributed by atoms with Crippen molar-refractivity contribution in [1.82, 2.24) is 0 Å². The quantitative estimate of drug-likeness (QED) is 0.430. The second-order valence-electron chi connectivity index (χ2n) is 5.52. The zero-order chi connectivity index (χ0) is 14.2. The van der Waals surface area contributed by atoms with Crippen molar-refractivity contribution in [1.29, 1.82) is 0 Å². The molecular weight excluding hydrogens is 386 g/mol. The van der Waals surface area contributed by atoms with Crippen LogP contribution < -0.4 is 4.52 Å². The summed E-state index contributed by atoms with van der Waals surface area (Å²) in [5.41, 5.74) is 2.77. The number of carbonyl (C=O) groups is 1. The van der Waals surface area contributed by atoms with Gasteiger partial charge in [0.05, 0.1) is 12.5 Å². The van der Waals surface area contributed by atoms with Crippen molar-refractivity contribution in [3.05, 3.63) is 29.3 Å². The van der Waals surface area contributed by atoms with Gasteiger partial charge in [0.2, 0.25) is 0 Å². The van der Waals surface area contributed by atoms with Crippen molar-refractivity contribution >= 4 is 34.5 Å². The first-order valence-corrected chi connectivity index (χ1v) is 11.1. The Bertz CT molecular complexity index is 534. The smallest absolute Gasteiger partial charge is 0.309 e. The summed E-state index contributed by atoms with van der Waals surface area (Å²) in [4.78, 5) is 12.0. The van der Waals surface area contributed by atoms with Gasteiger partial charge in [-0.25, -0.2) is 0 Å². The minimum Gasteiger partial charge on any atom is -0.467 e. The summed E-state index contributed by atoms with van der Waals surface area (Å²) in [7, 11) is 0. The zero-order valence-electron chi connectivity index (χ0n) is 11.4. The molecule has 5 heteroatoms. The molecule has 1 saturated carbocycles. The normalized spacial score (nSPS) is 27.6. The number of rotatable bonds is 4. The van der Waals surface area contributed by atoms with Gasteiger partial charge in [-0.05, 0) is 77.9 Å². The summed E-state index contributed by atoms with van der Waals surface area (Å²) in [6.07, 6.45) is 4.30. The Morgan fingerprint density at radius 2 is 2.40 bits per heavy atom. The third-order valence-electron chi connectivity index (χ3n) is 4.48. The number of carbonyl (C=O) groups excluding carboxylic acids is 1. The summed E-state index contributed by atoms with van der Waals surface area (Å²) in [6, 6.07) is 6.36. The summed E-state index contributed by atoms with van der Waals surface area (Å²) in [5, 5.41) is 0. The van der Waals surface area contributed by atoms with Crippen LogP contribution in [0.25, 0.3) is 0 Å². The highest BCUT2D eigenvalue weighted by Crippen LogP contribution is 2.61. The van der Waals surface area contributed by atoms with Gasteiger partial charge >= 0.3 is 5.97 Å². The third-order valence-corrected chi connectivity index (χ3v) is 5.46. The lowest BCUT2D eigenvalue weighted by atomic mass is 9.78. The van der Waals surface area contributed by atoms with Crippen LogP contribution in [0.5, 0.6) is 5.75 Å². The molecule has 0 saturated heterocycles. The Morgan fingerprint density at radius 1 is 1.55 bits per heavy atom. The molecule has 3 atom stereocenters. The van der Waals surface area contributed by atoms with E-state index < -0.39 is 0 Å². The van der Waals surface area contributed by atoms with Gasteiger partial charge in [0, 0.05) is 5.41 Å². The van der Waals surface area contributed by atoms with Gasteiger partial charge in [0.1, 0.15) is 12.2 Å². The van der Waals surface area contributed by atoms with E-state index in [4.69, 9.17) is 9.26 Å². The first-order chi connectivity index (χ1) is 9.71. The van der Waals surface area contributed by atoms with E-state index in [0.29, 0.717) is 13.1 Å². The summed E-state index contributed by atoms with van der Waals surface area (Å²) in [5.74, 6) is 0.996. The van der Waals surface area contributed by atoms with Crippen LogP contribution in [0.4, 0.5) is 0 Å². The molecule has 108 valence electrons. The van der Waals surface area contributed by atoms with E-state index in [2.05, 4.69) is 34.2 Å². The monoisotopic (exact) mass is 404 g/mol. The molecule has 2 aliphatic carbocycles. The Labute approximate surface area is 134 Å². The van der Waals surface area contributed by atoms with Crippen LogP contribution in [0.1, 0.15) is 37.3 Å². The topological polar surface area (TPSA) is 35.5 Å². The van der Waals surface area contributed by atoms with Gasteiger partial charge in [-0.2, -0.15) is 0 Å². The predicted octanol–water partition coefficient (Wildman–Crippen LogP) is 4.17.